The summed E-state index contributed by atoms with van der Waals surface area (Å²) in [5, 5.41) is 3.30. The summed E-state index contributed by atoms with van der Waals surface area (Å²) in [6.07, 6.45) is 2.08. The van der Waals surface area contributed by atoms with Gasteiger partial charge in [-0.15, -0.1) is 0 Å². The lowest BCUT2D eigenvalue weighted by atomic mass is 10.2. The maximum Gasteiger partial charge on any atom is 0.266 e. The fraction of sp³-hybridized carbons (Fsp3) is 0.353. The molecule has 144 valence electrons. The van der Waals surface area contributed by atoms with Crippen molar-refractivity contribution < 1.29 is 18.0 Å². The van der Waals surface area contributed by atoms with E-state index in [1.807, 2.05) is 0 Å². The number of amides is 2. The van der Waals surface area contributed by atoms with Gasteiger partial charge in [0.2, 0.25) is 5.91 Å². The molecule has 0 saturated carbocycles. The first-order chi connectivity index (χ1) is 12.7. The quantitative estimate of drug-likeness (QED) is 0.566. The summed E-state index contributed by atoms with van der Waals surface area (Å²) < 4.78 is 23.4. The van der Waals surface area contributed by atoms with Gasteiger partial charge in [-0.3, -0.25) is 14.5 Å². The number of carbonyl (C=O) groups excluding carboxylic acids is 2. The summed E-state index contributed by atoms with van der Waals surface area (Å²) in [5.41, 5.74) is 0.799. The average Bonchev–Trinajstić information content (AvgIpc) is 3.07. The highest BCUT2D eigenvalue weighted by Crippen LogP contribution is 2.34. The summed E-state index contributed by atoms with van der Waals surface area (Å²) in [6.45, 7) is 1.58. The Balaban J connectivity index is 1.70. The highest BCUT2D eigenvalue weighted by Gasteiger charge is 2.39. The summed E-state index contributed by atoms with van der Waals surface area (Å²) in [5.74, 6) is -0.764. The molecule has 1 N–H and O–H groups in total. The number of thiocarbonyl (C=S) groups is 1. The van der Waals surface area contributed by atoms with Crippen molar-refractivity contribution in [2.24, 2.45) is 0 Å². The molecule has 2 aliphatic rings. The van der Waals surface area contributed by atoms with E-state index in [0.717, 1.165) is 17.3 Å². The van der Waals surface area contributed by atoms with Crippen molar-refractivity contribution in [3.8, 4) is 0 Å². The maximum absolute atomic E-state index is 12.7. The Morgan fingerprint density at radius 3 is 2.67 bits per heavy atom. The number of benzene rings is 1. The third-order valence-electron chi connectivity index (χ3n) is 4.34. The van der Waals surface area contributed by atoms with E-state index in [9.17, 15) is 18.0 Å². The second kappa shape index (κ2) is 7.90. The van der Waals surface area contributed by atoms with Crippen molar-refractivity contribution in [1.29, 1.82) is 0 Å². The van der Waals surface area contributed by atoms with Crippen LogP contribution in [0.4, 0.5) is 0 Å². The van der Waals surface area contributed by atoms with Gasteiger partial charge in [0.25, 0.3) is 5.91 Å². The summed E-state index contributed by atoms with van der Waals surface area (Å²) in [7, 11) is -3.10. The molecule has 2 amide bonds. The largest absolute Gasteiger partial charge is 0.351 e. The van der Waals surface area contributed by atoms with Gasteiger partial charge in [-0.1, -0.05) is 47.7 Å². The van der Waals surface area contributed by atoms with Gasteiger partial charge in [0.05, 0.1) is 16.4 Å². The lowest BCUT2D eigenvalue weighted by molar-refractivity contribution is -0.132. The first-order valence-corrected chi connectivity index (χ1v) is 11.6. The molecule has 2 atom stereocenters. The highest BCUT2D eigenvalue weighted by molar-refractivity contribution is 8.26. The molecule has 2 fully saturated rings. The Labute approximate surface area is 172 Å². The topological polar surface area (TPSA) is 83.6 Å². The fourth-order valence-corrected chi connectivity index (χ4v) is 6.09. The minimum absolute atomic E-state index is 0.0667. The summed E-state index contributed by atoms with van der Waals surface area (Å²) in [6, 6.07) is 5.77. The molecule has 2 heterocycles. The number of sulfone groups is 1. The predicted octanol–water partition coefficient (Wildman–Crippen LogP) is 2.23. The van der Waals surface area contributed by atoms with E-state index in [0.29, 0.717) is 20.7 Å². The number of thioether (sulfide) groups is 1. The van der Waals surface area contributed by atoms with Crippen LogP contribution in [0.3, 0.4) is 0 Å². The fourth-order valence-electron chi connectivity index (χ4n) is 2.87. The number of nitrogens with one attached hydrogen (secondary N) is 1. The van der Waals surface area contributed by atoms with E-state index >= 15 is 0 Å². The lowest BCUT2D eigenvalue weighted by Crippen LogP contribution is -2.50. The molecule has 1 aromatic rings. The van der Waals surface area contributed by atoms with Crippen LogP contribution >= 0.6 is 35.6 Å². The van der Waals surface area contributed by atoms with Crippen LogP contribution in [0.1, 0.15) is 18.9 Å². The molecule has 6 nitrogen and oxygen atoms in total. The third kappa shape index (κ3) is 4.71. The van der Waals surface area contributed by atoms with E-state index in [1.54, 1.807) is 37.3 Å². The Kier molecular flexibility index (Phi) is 5.95. The number of hydrogen-bond acceptors (Lipinski definition) is 6. The van der Waals surface area contributed by atoms with Crippen LogP contribution in [0.5, 0.6) is 0 Å². The van der Waals surface area contributed by atoms with Crippen molar-refractivity contribution in [3.63, 3.8) is 0 Å². The number of rotatable bonds is 4. The molecular weight excluding hydrogens is 428 g/mol. The van der Waals surface area contributed by atoms with Crippen molar-refractivity contribution in [3.05, 3.63) is 39.8 Å². The van der Waals surface area contributed by atoms with Crippen molar-refractivity contribution in [2.75, 3.05) is 11.5 Å². The molecule has 27 heavy (non-hydrogen) atoms. The Morgan fingerprint density at radius 1 is 1.41 bits per heavy atom. The van der Waals surface area contributed by atoms with E-state index in [4.69, 9.17) is 23.8 Å². The average molecular weight is 445 g/mol. The van der Waals surface area contributed by atoms with Crippen molar-refractivity contribution >= 4 is 67.6 Å². The normalized spacial score (nSPS) is 24.4. The molecular formula is C17H17ClN2O4S3. The molecule has 0 aliphatic carbocycles. The SMILES string of the molecule is C[C@H](C(=O)N[C@@H]1CCS(=O)(=O)C1)N1C(=O)/C(=C/c2ccc(Cl)cc2)SC1=S. The minimum atomic E-state index is -3.10. The Morgan fingerprint density at radius 2 is 2.07 bits per heavy atom. The highest BCUT2D eigenvalue weighted by atomic mass is 35.5. The minimum Gasteiger partial charge on any atom is -0.351 e. The van der Waals surface area contributed by atoms with Gasteiger partial charge in [0.1, 0.15) is 10.4 Å². The second-order valence-corrected chi connectivity index (χ2v) is 10.7. The number of hydrogen-bond donors (Lipinski definition) is 1. The Hall–Kier alpha value is -1.42. The van der Waals surface area contributed by atoms with Crippen molar-refractivity contribution in [1.82, 2.24) is 10.2 Å². The van der Waals surface area contributed by atoms with Gasteiger partial charge < -0.3 is 5.32 Å². The monoisotopic (exact) mass is 444 g/mol. The molecule has 0 unspecified atom stereocenters. The lowest BCUT2D eigenvalue weighted by Gasteiger charge is -2.23. The van der Waals surface area contributed by atoms with E-state index in [2.05, 4.69) is 5.32 Å². The molecule has 2 saturated heterocycles. The van der Waals surface area contributed by atoms with Crippen LogP contribution in [0.25, 0.3) is 6.08 Å². The van der Waals surface area contributed by atoms with Crippen LogP contribution in [0.2, 0.25) is 5.02 Å². The van der Waals surface area contributed by atoms with E-state index in [1.165, 1.54) is 4.90 Å². The zero-order valence-electron chi connectivity index (χ0n) is 14.3. The molecule has 0 bridgehead atoms. The zero-order valence-corrected chi connectivity index (χ0v) is 17.6. The van der Waals surface area contributed by atoms with Gasteiger partial charge >= 0.3 is 0 Å². The number of carbonyl (C=O) groups is 2. The Bertz CT molecular complexity index is 928. The van der Waals surface area contributed by atoms with Crippen LogP contribution in [-0.4, -0.2) is 53.0 Å². The first kappa shape index (κ1) is 20.3. The van der Waals surface area contributed by atoms with Crippen LogP contribution in [0, 0.1) is 0 Å². The van der Waals surface area contributed by atoms with Gasteiger partial charge in [-0.05, 0) is 37.1 Å². The predicted molar refractivity (Wildman–Crippen MR) is 111 cm³/mol. The van der Waals surface area contributed by atoms with E-state index < -0.39 is 27.8 Å². The van der Waals surface area contributed by atoms with Crippen LogP contribution in [-0.2, 0) is 19.4 Å². The number of nitrogens with zero attached hydrogens (tertiary/aromatic N) is 1. The van der Waals surface area contributed by atoms with Crippen LogP contribution < -0.4 is 5.32 Å². The maximum atomic E-state index is 12.7. The zero-order chi connectivity index (χ0) is 19.8. The number of halogens is 1. The van der Waals surface area contributed by atoms with Gasteiger partial charge in [-0.2, -0.15) is 0 Å². The van der Waals surface area contributed by atoms with Gasteiger partial charge in [0, 0.05) is 11.1 Å². The molecule has 0 aromatic heterocycles. The van der Waals surface area contributed by atoms with Gasteiger partial charge in [-0.25, -0.2) is 8.42 Å². The molecule has 1 aromatic carbocycles. The summed E-state index contributed by atoms with van der Waals surface area (Å²) >= 11 is 12.3. The van der Waals surface area contributed by atoms with E-state index in [-0.39, 0.29) is 17.4 Å². The third-order valence-corrected chi connectivity index (χ3v) is 7.69. The molecule has 0 radical (unpaired) electrons. The molecule has 3 rings (SSSR count). The van der Waals surface area contributed by atoms with Gasteiger partial charge in [0.15, 0.2) is 9.84 Å². The standard InChI is InChI=1S/C17H17ClN2O4S3/c1-10(15(21)19-13-6-7-27(23,24)9-13)20-16(22)14(26-17(20)25)8-11-2-4-12(18)5-3-11/h2-5,8,10,13H,6-7,9H2,1H3,(H,19,21)/b14-8-/t10-,13-/m1/s1. The van der Waals surface area contributed by atoms with Crippen molar-refractivity contribution in [2.45, 2.75) is 25.4 Å². The van der Waals surface area contributed by atoms with Crippen LogP contribution in [0.15, 0.2) is 29.2 Å². The molecule has 0 spiro atoms. The molecule has 2 aliphatic heterocycles. The molecule has 10 heteroatoms. The summed E-state index contributed by atoms with van der Waals surface area (Å²) in [4.78, 5) is 26.9. The first-order valence-electron chi connectivity index (χ1n) is 8.20. The smallest absolute Gasteiger partial charge is 0.266 e. The second-order valence-electron chi connectivity index (χ2n) is 6.39.